The Balaban J connectivity index is 1.90. The summed E-state index contributed by atoms with van der Waals surface area (Å²) in [6.45, 7) is 12.4. The van der Waals surface area contributed by atoms with Crippen molar-refractivity contribution in [1.82, 2.24) is 19.2 Å². The van der Waals surface area contributed by atoms with Gasteiger partial charge in [0.25, 0.3) is 5.91 Å². The average molecular weight is 403 g/mol. The van der Waals surface area contributed by atoms with Gasteiger partial charge in [-0.05, 0) is 30.5 Å². The molecule has 0 radical (unpaired) electrons. The van der Waals surface area contributed by atoms with E-state index in [1.165, 1.54) is 5.56 Å². The molecule has 0 aliphatic rings. The van der Waals surface area contributed by atoms with Crippen LogP contribution in [-0.4, -0.2) is 51.8 Å². The molecule has 1 aromatic carbocycles. The Morgan fingerprint density at radius 2 is 1.80 bits per heavy atom. The highest BCUT2D eigenvalue weighted by molar-refractivity contribution is 5.94. The number of benzene rings is 1. The molecular weight excluding hydrogens is 372 g/mol. The van der Waals surface area contributed by atoms with Crippen molar-refractivity contribution in [1.29, 1.82) is 0 Å². The van der Waals surface area contributed by atoms with Crippen LogP contribution in [0.5, 0.6) is 0 Å². The Morgan fingerprint density at radius 1 is 1.10 bits per heavy atom. The number of hydrogen-bond donors (Lipinski definition) is 0. The fourth-order valence-electron chi connectivity index (χ4n) is 3.58. The molecule has 2 heterocycles. The van der Waals surface area contributed by atoms with Gasteiger partial charge in [0, 0.05) is 39.4 Å². The highest BCUT2D eigenvalue weighted by atomic mass is 16.2. The van der Waals surface area contributed by atoms with E-state index >= 15 is 0 Å². The topological polar surface area (TPSA) is 40.9 Å². The van der Waals surface area contributed by atoms with Crippen molar-refractivity contribution >= 4 is 11.6 Å². The maximum absolute atomic E-state index is 13.4. The molecule has 5 heteroatoms. The van der Waals surface area contributed by atoms with E-state index in [1.807, 2.05) is 67.1 Å². The van der Waals surface area contributed by atoms with Crippen molar-refractivity contribution in [3.05, 3.63) is 96.5 Å². The Labute approximate surface area is 179 Å². The lowest BCUT2D eigenvalue weighted by molar-refractivity contribution is 0.0789. The summed E-state index contributed by atoms with van der Waals surface area (Å²) in [5, 5.41) is 0. The highest BCUT2D eigenvalue weighted by Crippen LogP contribution is 2.19. The second-order valence-corrected chi connectivity index (χ2v) is 7.53. The summed E-state index contributed by atoms with van der Waals surface area (Å²) in [5.74, 6) is -0.0545. The third kappa shape index (κ3) is 4.86. The molecule has 0 spiro atoms. The first kappa shape index (κ1) is 21.5. The first-order chi connectivity index (χ1) is 14.5. The number of aryl methyl sites for hydroxylation is 1. The number of rotatable bonds is 10. The summed E-state index contributed by atoms with van der Waals surface area (Å²) in [5.41, 5.74) is 4.49. The maximum atomic E-state index is 13.4. The van der Waals surface area contributed by atoms with Crippen molar-refractivity contribution < 1.29 is 4.79 Å². The van der Waals surface area contributed by atoms with Gasteiger partial charge in [-0.3, -0.25) is 9.69 Å². The number of likely N-dealkylation sites (N-methyl/N-ethyl adjacent to an activating group) is 1. The summed E-state index contributed by atoms with van der Waals surface area (Å²) >= 11 is 0. The van der Waals surface area contributed by atoms with Crippen molar-refractivity contribution in [2.24, 2.45) is 0 Å². The number of carbonyl (C=O) groups excluding carboxylic acids is 1. The summed E-state index contributed by atoms with van der Waals surface area (Å²) in [6, 6.07) is 14.2. The van der Waals surface area contributed by atoms with Gasteiger partial charge < -0.3 is 9.30 Å². The molecule has 0 saturated carbocycles. The van der Waals surface area contributed by atoms with Gasteiger partial charge in [-0.2, -0.15) is 0 Å². The van der Waals surface area contributed by atoms with E-state index in [-0.39, 0.29) is 5.91 Å². The van der Waals surface area contributed by atoms with E-state index in [0.717, 1.165) is 23.3 Å². The van der Waals surface area contributed by atoms with E-state index in [9.17, 15) is 4.79 Å². The molecular formula is C25H30N4O. The number of aromatic nitrogens is 2. The molecule has 0 aliphatic carbocycles. The SMILES string of the molecule is C=CCN(CC=C)Cc1c(C(=O)N(C)CCc2ccccc2)nc2c(C)cccn12. The lowest BCUT2D eigenvalue weighted by Crippen LogP contribution is -2.31. The molecule has 3 aromatic rings. The third-order valence-corrected chi connectivity index (χ3v) is 5.22. The monoisotopic (exact) mass is 402 g/mol. The van der Waals surface area contributed by atoms with Crippen LogP contribution in [0.15, 0.2) is 74.0 Å². The summed E-state index contributed by atoms with van der Waals surface area (Å²) in [6.07, 6.45) is 6.52. The Bertz CT molecular complexity index is 1010. The van der Waals surface area contributed by atoms with Crippen LogP contribution in [0.4, 0.5) is 0 Å². The summed E-state index contributed by atoms with van der Waals surface area (Å²) < 4.78 is 2.03. The Hall–Kier alpha value is -3.18. The number of imidazole rings is 1. The van der Waals surface area contributed by atoms with E-state index in [4.69, 9.17) is 4.98 Å². The molecule has 0 N–H and O–H groups in total. The summed E-state index contributed by atoms with van der Waals surface area (Å²) in [7, 11) is 1.84. The summed E-state index contributed by atoms with van der Waals surface area (Å²) in [4.78, 5) is 22.1. The lowest BCUT2D eigenvalue weighted by Gasteiger charge is -2.21. The second kappa shape index (κ2) is 10.0. The first-order valence-electron chi connectivity index (χ1n) is 10.2. The van der Waals surface area contributed by atoms with Gasteiger partial charge in [0.05, 0.1) is 5.69 Å². The van der Waals surface area contributed by atoms with Gasteiger partial charge in [-0.15, -0.1) is 13.2 Å². The molecule has 3 rings (SSSR count). The number of pyridine rings is 1. The molecule has 0 fully saturated rings. The van der Waals surface area contributed by atoms with Crippen LogP contribution in [0.2, 0.25) is 0 Å². The van der Waals surface area contributed by atoms with Gasteiger partial charge >= 0.3 is 0 Å². The molecule has 1 amide bonds. The Morgan fingerprint density at radius 3 is 2.47 bits per heavy atom. The lowest BCUT2D eigenvalue weighted by atomic mass is 10.1. The van der Waals surface area contributed by atoms with E-state index < -0.39 is 0 Å². The van der Waals surface area contributed by atoms with Crippen LogP contribution in [0, 0.1) is 6.92 Å². The van der Waals surface area contributed by atoms with Gasteiger partial charge in [-0.1, -0.05) is 48.6 Å². The van der Waals surface area contributed by atoms with Crippen molar-refractivity contribution in [2.75, 3.05) is 26.7 Å². The predicted octanol–water partition coefficient (Wildman–Crippen LogP) is 4.13. The standard InChI is InChI=1S/C25H30N4O/c1-5-15-28(16-6-2)19-22-23(26-24-20(3)11-10-17-29(22)24)25(30)27(4)18-14-21-12-8-7-9-13-21/h5-13,17H,1-2,14-16,18-19H2,3-4H3. The number of nitrogens with zero attached hydrogens (tertiary/aromatic N) is 4. The minimum atomic E-state index is -0.0545. The maximum Gasteiger partial charge on any atom is 0.274 e. The van der Waals surface area contributed by atoms with Crippen LogP contribution in [-0.2, 0) is 13.0 Å². The van der Waals surface area contributed by atoms with E-state index in [2.05, 4.69) is 30.2 Å². The second-order valence-electron chi connectivity index (χ2n) is 7.53. The van der Waals surface area contributed by atoms with Crippen LogP contribution in [0.3, 0.4) is 0 Å². The molecule has 0 saturated heterocycles. The van der Waals surface area contributed by atoms with Crippen molar-refractivity contribution in [2.45, 2.75) is 19.9 Å². The van der Waals surface area contributed by atoms with Gasteiger partial charge in [0.1, 0.15) is 5.65 Å². The normalized spacial score (nSPS) is 11.0. The highest BCUT2D eigenvalue weighted by Gasteiger charge is 2.23. The molecule has 0 unspecified atom stereocenters. The van der Waals surface area contributed by atoms with Crippen molar-refractivity contribution in [3.63, 3.8) is 0 Å². The molecule has 0 atom stereocenters. The minimum absolute atomic E-state index is 0.0545. The quantitative estimate of drug-likeness (QED) is 0.479. The van der Waals surface area contributed by atoms with Gasteiger partial charge in [0.15, 0.2) is 5.69 Å². The molecule has 0 bridgehead atoms. The van der Waals surface area contributed by atoms with Crippen LogP contribution in [0.25, 0.3) is 5.65 Å². The average Bonchev–Trinajstić information content (AvgIpc) is 3.12. The number of fused-ring (bicyclic) bond motifs is 1. The van der Waals surface area contributed by atoms with Crippen LogP contribution >= 0.6 is 0 Å². The smallest absolute Gasteiger partial charge is 0.274 e. The van der Waals surface area contributed by atoms with E-state index in [1.54, 1.807) is 4.90 Å². The third-order valence-electron chi connectivity index (χ3n) is 5.22. The molecule has 2 aromatic heterocycles. The number of carbonyl (C=O) groups is 1. The van der Waals surface area contributed by atoms with Gasteiger partial charge in [0.2, 0.25) is 0 Å². The van der Waals surface area contributed by atoms with Crippen LogP contribution < -0.4 is 0 Å². The molecule has 5 nitrogen and oxygen atoms in total. The predicted molar refractivity (Wildman–Crippen MR) is 123 cm³/mol. The fourth-order valence-corrected chi connectivity index (χ4v) is 3.58. The first-order valence-corrected chi connectivity index (χ1v) is 10.2. The number of hydrogen-bond acceptors (Lipinski definition) is 3. The largest absolute Gasteiger partial charge is 0.340 e. The zero-order valence-corrected chi connectivity index (χ0v) is 17.9. The molecule has 0 aliphatic heterocycles. The number of amides is 1. The fraction of sp³-hybridized carbons (Fsp3) is 0.280. The van der Waals surface area contributed by atoms with E-state index in [0.29, 0.717) is 31.9 Å². The van der Waals surface area contributed by atoms with Gasteiger partial charge in [-0.25, -0.2) is 4.98 Å². The minimum Gasteiger partial charge on any atom is -0.340 e. The van der Waals surface area contributed by atoms with Crippen LogP contribution in [0.1, 0.15) is 27.3 Å². The van der Waals surface area contributed by atoms with Crippen molar-refractivity contribution in [3.8, 4) is 0 Å². The Kier molecular flexibility index (Phi) is 7.20. The molecule has 156 valence electrons. The zero-order valence-electron chi connectivity index (χ0n) is 17.9. The zero-order chi connectivity index (χ0) is 21.5. The molecule has 30 heavy (non-hydrogen) atoms.